The van der Waals surface area contributed by atoms with E-state index < -0.39 is 5.60 Å². The first-order valence-electron chi connectivity index (χ1n) is 9.62. The van der Waals surface area contributed by atoms with E-state index in [1.165, 1.54) is 0 Å². The number of ether oxygens (including phenoxy) is 3. The Morgan fingerprint density at radius 2 is 2.21 bits per heavy atom. The number of primary amides is 1. The molecule has 1 aromatic carbocycles. The number of fused-ring (bicyclic) bond motifs is 4. The number of rotatable bonds is 3. The summed E-state index contributed by atoms with van der Waals surface area (Å²) in [5.41, 5.74) is 7.02. The maximum Gasteiger partial charge on any atom is 0.315 e. The number of methoxy groups -OCH3 is 1. The number of hydrogen-bond acceptors (Lipinski definition) is 7. The fourth-order valence-corrected chi connectivity index (χ4v) is 5.75. The maximum absolute atomic E-state index is 11.9. The fourth-order valence-electron chi connectivity index (χ4n) is 4.46. The van der Waals surface area contributed by atoms with Crippen LogP contribution in [0.25, 0.3) is 10.2 Å². The Morgan fingerprint density at radius 1 is 1.39 bits per heavy atom. The summed E-state index contributed by atoms with van der Waals surface area (Å²) in [5, 5.41) is 0.894. The summed E-state index contributed by atoms with van der Waals surface area (Å²) in [5.74, 6) is 0.752. The molecule has 5 heterocycles. The van der Waals surface area contributed by atoms with E-state index >= 15 is 0 Å². The van der Waals surface area contributed by atoms with Crippen LogP contribution >= 0.6 is 11.3 Å². The number of aromatic nitrogens is 1. The predicted octanol–water partition coefficient (Wildman–Crippen LogP) is 1.91. The number of carbonyl (C=O) groups excluding carboxylic acids is 1. The van der Waals surface area contributed by atoms with Crippen LogP contribution in [0.2, 0.25) is 0 Å². The fraction of sp³-hybridized carbons (Fsp3) is 0.579. The van der Waals surface area contributed by atoms with Gasteiger partial charge in [-0.15, -0.1) is 11.3 Å². The normalized spacial score (nSPS) is 27.4. The minimum Gasteiger partial charge on any atom is -0.494 e. The first-order chi connectivity index (χ1) is 13.6. The lowest BCUT2D eigenvalue weighted by Gasteiger charge is -2.50. The summed E-state index contributed by atoms with van der Waals surface area (Å²) >= 11 is 1.64. The Kier molecular flexibility index (Phi) is 4.33. The number of piperidine rings is 1. The molecule has 0 spiro atoms. The summed E-state index contributed by atoms with van der Waals surface area (Å²) in [7, 11) is 1.66. The minimum absolute atomic E-state index is 0.0761. The highest BCUT2D eigenvalue weighted by molar-refractivity contribution is 7.19. The monoisotopic (exact) mass is 404 g/mol. The molecular formula is C19H24N4O4S. The molecule has 150 valence electrons. The van der Waals surface area contributed by atoms with E-state index in [4.69, 9.17) is 24.9 Å². The number of carbonyl (C=O) groups is 1. The standard InChI is InChI=1S/C19H24N4O4S/c1-25-14-3-2-13(22-6-8-26-9-7-22)16-15(14)21-17(28-16)19-5-4-12(10-27-19)23(11-19)18(20)24/h2-3,12H,4-11H2,1H3,(H2,20,24). The molecule has 4 aliphatic heterocycles. The summed E-state index contributed by atoms with van der Waals surface area (Å²) in [6.45, 7) is 4.12. The van der Waals surface area contributed by atoms with Gasteiger partial charge >= 0.3 is 6.03 Å². The Hall–Kier alpha value is -2.10. The molecule has 0 saturated carbocycles. The third-order valence-corrected chi connectivity index (χ3v) is 7.29. The molecule has 9 heteroatoms. The van der Waals surface area contributed by atoms with E-state index in [0.29, 0.717) is 13.2 Å². The first-order valence-corrected chi connectivity index (χ1v) is 10.4. The molecular weight excluding hydrogens is 380 g/mol. The molecule has 8 nitrogen and oxygen atoms in total. The average Bonchev–Trinajstić information content (AvgIpc) is 3.21. The second-order valence-corrected chi connectivity index (χ2v) is 8.55. The highest BCUT2D eigenvalue weighted by Gasteiger charge is 2.50. The molecule has 2 unspecified atom stereocenters. The van der Waals surface area contributed by atoms with E-state index in [-0.39, 0.29) is 12.1 Å². The predicted molar refractivity (Wildman–Crippen MR) is 106 cm³/mol. The number of benzene rings is 1. The lowest BCUT2D eigenvalue weighted by Crippen LogP contribution is -2.62. The highest BCUT2D eigenvalue weighted by Crippen LogP contribution is 2.47. The Balaban J connectivity index is 1.60. The topological polar surface area (TPSA) is 90.1 Å². The van der Waals surface area contributed by atoms with Crippen molar-refractivity contribution in [3.63, 3.8) is 0 Å². The number of nitrogens with two attached hydrogens (primary N) is 1. The largest absolute Gasteiger partial charge is 0.494 e. The van der Waals surface area contributed by atoms with E-state index in [2.05, 4.69) is 11.0 Å². The number of hydrogen-bond donors (Lipinski definition) is 1. The van der Waals surface area contributed by atoms with Crippen molar-refractivity contribution in [3.8, 4) is 5.75 Å². The lowest BCUT2D eigenvalue weighted by atomic mass is 9.86. The van der Waals surface area contributed by atoms with Crippen LogP contribution in [0.15, 0.2) is 12.1 Å². The zero-order valence-corrected chi connectivity index (χ0v) is 16.7. The number of anilines is 1. The van der Waals surface area contributed by atoms with Crippen LogP contribution in [0.1, 0.15) is 17.8 Å². The van der Waals surface area contributed by atoms with Gasteiger partial charge < -0.3 is 29.7 Å². The van der Waals surface area contributed by atoms with Gasteiger partial charge in [-0.1, -0.05) is 0 Å². The second kappa shape index (κ2) is 6.75. The van der Waals surface area contributed by atoms with E-state index in [9.17, 15) is 4.79 Å². The van der Waals surface area contributed by atoms with Crippen molar-refractivity contribution >= 4 is 33.3 Å². The van der Waals surface area contributed by atoms with Gasteiger partial charge in [-0.05, 0) is 25.0 Å². The highest BCUT2D eigenvalue weighted by atomic mass is 32.1. The number of nitrogens with zero attached hydrogens (tertiary/aromatic N) is 3. The number of urea groups is 1. The summed E-state index contributed by atoms with van der Waals surface area (Å²) in [4.78, 5) is 20.9. The molecule has 0 radical (unpaired) electrons. The van der Waals surface area contributed by atoms with Crippen molar-refractivity contribution in [2.75, 3.05) is 51.5 Å². The van der Waals surface area contributed by atoms with Crippen LogP contribution in [0.3, 0.4) is 0 Å². The molecule has 6 rings (SSSR count). The van der Waals surface area contributed by atoms with Gasteiger partial charge in [0.1, 0.15) is 21.9 Å². The third kappa shape index (κ3) is 2.72. The van der Waals surface area contributed by atoms with Crippen molar-refractivity contribution in [1.82, 2.24) is 9.88 Å². The number of morpholine rings is 2. The lowest BCUT2D eigenvalue weighted by molar-refractivity contribution is -0.166. The van der Waals surface area contributed by atoms with Crippen molar-refractivity contribution in [1.29, 1.82) is 0 Å². The van der Waals surface area contributed by atoms with Crippen LogP contribution in [0.5, 0.6) is 5.75 Å². The quantitative estimate of drug-likeness (QED) is 0.841. The van der Waals surface area contributed by atoms with Crippen LogP contribution in [0.4, 0.5) is 10.5 Å². The Morgan fingerprint density at radius 3 is 2.89 bits per heavy atom. The van der Waals surface area contributed by atoms with Crippen molar-refractivity contribution in [3.05, 3.63) is 17.1 Å². The smallest absolute Gasteiger partial charge is 0.315 e. The third-order valence-electron chi connectivity index (χ3n) is 6.03. The average molecular weight is 404 g/mol. The SMILES string of the molecule is COc1ccc(N2CCOCC2)c2sc(C34CCC(CO3)N(C(N)=O)C4)nc12. The molecule has 0 aliphatic carbocycles. The van der Waals surface area contributed by atoms with Crippen LogP contribution < -0.4 is 15.4 Å². The molecule has 4 saturated heterocycles. The van der Waals surface area contributed by atoms with Gasteiger partial charge in [-0.25, -0.2) is 9.78 Å². The van der Waals surface area contributed by atoms with Gasteiger partial charge in [-0.3, -0.25) is 0 Å². The molecule has 2 aromatic rings. The molecule has 1 aromatic heterocycles. The minimum atomic E-state index is -0.583. The van der Waals surface area contributed by atoms with Crippen LogP contribution in [0, 0.1) is 0 Å². The molecule has 2 bridgehead atoms. The molecule has 4 fully saturated rings. The molecule has 2 atom stereocenters. The second-order valence-electron chi connectivity index (χ2n) is 7.55. The summed E-state index contributed by atoms with van der Waals surface area (Å²) < 4.78 is 18.4. The molecule has 4 aliphatic rings. The summed E-state index contributed by atoms with van der Waals surface area (Å²) in [6.07, 6.45) is 1.72. The van der Waals surface area contributed by atoms with Gasteiger partial charge in [-0.2, -0.15) is 0 Å². The van der Waals surface area contributed by atoms with Crippen molar-refractivity contribution < 1.29 is 19.0 Å². The van der Waals surface area contributed by atoms with Gasteiger partial charge in [0.15, 0.2) is 0 Å². The van der Waals surface area contributed by atoms with Gasteiger partial charge in [0.25, 0.3) is 0 Å². The van der Waals surface area contributed by atoms with Gasteiger partial charge in [0, 0.05) is 13.1 Å². The molecule has 2 N–H and O–H groups in total. The van der Waals surface area contributed by atoms with Gasteiger partial charge in [0.2, 0.25) is 0 Å². The van der Waals surface area contributed by atoms with E-state index in [1.807, 2.05) is 6.07 Å². The molecule has 28 heavy (non-hydrogen) atoms. The van der Waals surface area contributed by atoms with Crippen LogP contribution in [-0.4, -0.2) is 68.5 Å². The van der Waals surface area contributed by atoms with Crippen LogP contribution in [-0.2, 0) is 15.1 Å². The first kappa shape index (κ1) is 18.0. The van der Waals surface area contributed by atoms with Crippen molar-refractivity contribution in [2.45, 2.75) is 24.5 Å². The van der Waals surface area contributed by atoms with Crippen molar-refractivity contribution in [2.24, 2.45) is 5.73 Å². The zero-order chi connectivity index (χ0) is 19.3. The van der Waals surface area contributed by atoms with Gasteiger partial charge in [0.05, 0.1) is 49.9 Å². The van der Waals surface area contributed by atoms with E-state index in [0.717, 1.165) is 65.8 Å². The zero-order valence-electron chi connectivity index (χ0n) is 15.8. The number of amides is 2. The Bertz CT molecular complexity index is 903. The molecule has 2 amide bonds. The maximum atomic E-state index is 11.9. The number of thiazole rings is 1. The van der Waals surface area contributed by atoms with E-state index in [1.54, 1.807) is 23.3 Å². The summed E-state index contributed by atoms with van der Waals surface area (Å²) in [6, 6.07) is 3.76. The Labute approximate surface area is 167 Å².